The topological polar surface area (TPSA) is 37.3 Å². The fraction of sp³-hybridized carbons (Fsp3) is 0.667. The van der Waals surface area contributed by atoms with Crippen LogP contribution < -0.4 is 0 Å². The van der Waals surface area contributed by atoms with Gasteiger partial charge in [-0.2, -0.15) is 0 Å². The highest BCUT2D eigenvalue weighted by atomic mass is 16.3. The van der Waals surface area contributed by atoms with E-state index in [2.05, 4.69) is 6.58 Å². The minimum absolute atomic E-state index is 0.517. The summed E-state index contributed by atoms with van der Waals surface area (Å²) in [7, 11) is 0. The number of carbonyl (C=O) groups is 1. The first-order valence-electron chi connectivity index (χ1n) is 3.81. The van der Waals surface area contributed by atoms with Gasteiger partial charge >= 0.3 is 0 Å². The molecule has 0 spiro atoms. The van der Waals surface area contributed by atoms with Gasteiger partial charge in [0, 0.05) is 0 Å². The van der Waals surface area contributed by atoms with Crippen molar-refractivity contribution in [3.05, 3.63) is 12.2 Å². The first-order valence-corrected chi connectivity index (χ1v) is 3.81. The normalized spacial score (nSPS) is 15.5. The van der Waals surface area contributed by atoms with Crippen molar-refractivity contribution in [3.63, 3.8) is 0 Å². The molecule has 2 nitrogen and oxygen atoms in total. The van der Waals surface area contributed by atoms with Crippen LogP contribution in [0.15, 0.2) is 12.2 Å². The Bertz CT molecular complexity index is 148. The lowest BCUT2D eigenvalue weighted by Crippen LogP contribution is -2.25. The van der Waals surface area contributed by atoms with Crippen LogP contribution >= 0.6 is 0 Å². The van der Waals surface area contributed by atoms with Crippen LogP contribution in [0.4, 0.5) is 0 Å². The predicted molar refractivity (Wildman–Crippen MR) is 45.4 cm³/mol. The molecule has 0 aliphatic carbocycles. The summed E-state index contributed by atoms with van der Waals surface area (Å²) < 4.78 is 0. The molecule has 0 rings (SSSR count). The van der Waals surface area contributed by atoms with Gasteiger partial charge in [0.25, 0.3) is 0 Å². The van der Waals surface area contributed by atoms with Gasteiger partial charge in [-0.1, -0.05) is 5.57 Å². The Hall–Kier alpha value is -0.630. The van der Waals surface area contributed by atoms with E-state index >= 15 is 0 Å². The van der Waals surface area contributed by atoms with Crippen molar-refractivity contribution >= 4 is 6.29 Å². The maximum Gasteiger partial charge on any atom is 0.151 e. The minimum atomic E-state index is -1.14. The molecule has 64 valence electrons. The maximum absolute atomic E-state index is 10.2. The van der Waals surface area contributed by atoms with Crippen molar-refractivity contribution < 1.29 is 9.90 Å². The Morgan fingerprint density at radius 3 is 2.64 bits per heavy atom. The Morgan fingerprint density at radius 2 is 2.27 bits per heavy atom. The van der Waals surface area contributed by atoms with Crippen LogP contribution in [0.3, 0.4) is 0 Å². The fourth-order valence-electron chi connectivity index (χ4n) is 0.807. The van der Waals surface area contributed by atoms with E-state index in [-0.39, 0.29) is 0 Å². The molecular weight excluding hydrogens is 140 g/mol. The Labute approximate surface area is 67.9 Å². The molecule has 0 unspecified atom stereocenters. The molecule has 0 aromatic rings. The average molecular weight is 156 g/mol. The van der Waals surface area contributed by atoms with E-state index in [1.165, 1.54) is 6.92 Å². The van der Waals surface area contributed by atoms with Crippen molar-refractivity contribution in [3.8, 4) is 0 Å². The average Bonchev–Trinajstić information content (AvgIpc) is 1.87. The standard InChI is InChI=1S/C9H16O2/c1-8(2)5-4-6-9(3,11)7-10/h7,11H,1,4-6H2,2-3H3/t9-/m1/s1. The summed E-state index contributed by atoms with van der Waals surface area (Å²) in [6.07, 6.45) is 2.81. The van der Waals surface area contributed by atoms with Gasteiger partial charge in [0.15, 0.2) is 6.29 Å². The quantitative estimate of drug-likeness (QED) is 0.485. The lowest BCUT2D eigenvalue weighted by atomic mass is 9.99. The van der Waals surface area contributed by atoms with Crippen molar-refractivity contribution in [2.45, 2.75) is 38.7 Å². The molecule has 1 atom stereocenters. The summed E-state index contributed by atoms with van der Waals surface area (Å²) in [6, 6.07) is 0. The van der Waals surface area contributed by atoms with Crippen LogP contribution in [0.2, 0.25) is 0 Å². The van der Waals surface area contributed by atoms with Gasteiger partial charge < -0.3 is 9.90 Å². The third-order valence-corrected chi connectivity index (χ3v) is 1.54. The van der Waals surface area contributed by atoms with Crippen molar-refractivity contribution in [1.82, 2.24) is 0 Å². The second-order valence-corrected chi connectivity index (χ2v) is 3.29. The zero-order valence-electron chi connectivity index (χ0n) is 7.26. The van der Waals surface area contributed by atoms with Gasteiger partial charge in [-0.25, -0.2) is 0 Å². The van der Waals surface area contributed by atoms with E-state index in [0.717, 1.165) is 18.4 Å². The lowest BCUT2D eigenvalue weighted by molar-refractivity contribution is -0.123. The van der Waals surface area contributed by atoms with Gasteiger partial charge in [-0.3, -0.25) is 0 Å². The van der Waals surface area contributed by atoms with Crippen LogP contribution in [0.5, 0.6) is 0 Å². The van der Waals surface area contributed by atoms with Gasteiger partial charge in [0.2, 0.25) is 0 Å². The summed E-state index contributed by atoms with van der Waals surface area (Å²) in [5.74, 6) is 0. The van der Waals surface area contributed by atoms with Crippen LogP contribution in [0, 0.1) is 0 Å². The SMILES string of the molecule is C=C(C)CCC[C@@](C)(O)C=O. The van der Waals surface area contributed by atoms with E-state index in [4.69, 9.17) is 0 Å². The summed E-state index contributed by atoms with van der Waals surface area (Å²) in [6.45, 7) is 7.20. The Kier molecular flexibility index (Phi) is 4.04. The molecule has 0 amide bonds. The van der Waals surface area contributed by atoms with E-state index < -0.39 is 5.60 Å². The van der Waals surface area contributed by atoms with Gasteiger partial charge in [0.1, 0.15) is 5.60 Å². The molecule has 0 aliphatic rings. The van der Waals surface area contributed by atoms with E-state index in [1.54, 1.807) is 0 Å². The van der Waals surface area contributed by atoms with Crippen molar-refractivity contribution in [2.75, 3.05) is 0 Å². The first-order chi connectivity index (χ1) is 4.98. The number of aldehydes is 1. The molecule has 0 aromatic heterocycles. The smallest absolute Gasteiger partial charge is 0.151 e. The molecular formula is C9H16O2. The maximum atomic E-state index is 10.2. The number of allylic oxidation sites excluding steroid dienone is 1. The number of aliphatic hydroxyl groups is 1. The van der Waals surface area contributed by atoms with Crippen LogP contribution in [-0.2, 0) is 4.79 Å². The molecule has 1 N–H and O–H groups in total. The van der Waals surface area contributed by atoms with Crippen molar-refractivity contribution in [2.24, 2.45) is 0 Å². The monoisotopic (exact) mass is 156 g/mol. The van der Waals surface area contributed by atoms with Gasteiger partial charge in [-0.15, -0.1) is 6.58 Å². The summed E-state index contributed by atoms with van der Waals surface area (Å²) in [5, 5.41) is 9.24. The molecule has 0 aliphatic heterocycles. The highest BCUT2D eigenvalue weighted by Crippen LogP contribution is 2.12. The minimum Gasteiger partial charge on any atom is -0.383 e. The zero-order valence-corrected chi connectivity index (χ0v) is 7.26. The molecule has 0 heterocycles. The van der Waals surface area contributed by atoms with Crippen LogP contribution in [0.1, 0.15) is 33.1 Å². The lowest BCUT2D eigenvalue weighted by Gasteiger charge is -2.14. The molecule has 0 radical (unpaired) electrons. The third-order valence-electron chi connectivity index (χ3n) is 1.54. The zero-order chi connectivity index (χ0) is 8.91. The largest absolute Gasteiger partial charge is 0.383 e. The number of hydrogen-bond donors (Lipinski definition) is 1. The summed E-state index contributed by atoms with van der Waals surface area (Å²) >= 11 is 0. The van der Waals surface area contributed by atoms with Crippen molar-refractivity contribution in [1.29, 1.82) is 0 Å². The van der Waals surface area contributed by atoms with Gasteiger partial charge in [-0.05, 0) is 33.1 Å². The summed E-state index contributed by atoms with van der Waals surface area (Å²) in [5.41, 5.74) is -0.0539. The highest BCUT2D eigenvalue weighted by Gasteiger charge is 2.17. The Balaban J connectivity index is 3.53. The second kappa shape index (κ2) is 4.29. The predicted octanol–water partition coefficient (Wildman–Crippen LogP) is 1.68. The van der Waals surface area contributed by atoms with Crippen LogP contribution in [0.25, 0.3) is 0 Å². The van der Waals surface area contributed by atoms with E-state index in [0.29, 0.717) is 12.7 Å². The Morgan fingerprint density at radius 1 is 1.73 bits per heavy atom. The van der Waals surface area contributed by atoms with Gasteiger partial charge in [0.05, 0.1) is 0 Å². The molecule has 0 saturated carbocycles. The second-order valence-electron chi connectivity index (χ2n) is 3.29. The molecule has 11 heavy (non-hydrogen) atoms. The molecule has 0 bridgehead atoms. The number of carbonyl (C=O) groups excluding carboxylic acids is 1. The van der Waals surface area contributed by atoms with E-state index in [9.17, 15) is 9.90 Å². The molecule has 0 aromatic carbocycles. The fourth-order valence-corrected chi connectivity index (χ4v) is 0.807. The number of rotatable bonds is 5. The third kappa shape index (κ3) is 5.80. The molecule has 0 saturated heterocycles. The first kappa shape index (κ1) is 10.4. The highest BCUT2D eigenvalue weighted by molar-refractivity contribution is 5.60. The summed E-state index contributed by atoms with van der Waals surface area (Å²) in [4.78, 5) is 10.2. The molecule has 2 heteroatoms. The van der Waals surface area contributed by atoms with Crippen LogP contribution in [-0.4, -0.2) is 17.0 Å². The number of hydrogen-bond acceptors (Lipinski definition) is 2. The molecule has 0 fully saturated rings. The van der Waals surface area contributed by atoms with E-state index in [1.807, 2.05) is 6.92 Å².